The van der Waals surface area contributed by atoms with Crippen molar-refractivity contribution in [2.24, 2.45) is 0 Å². The SMILES string of the molecule is CC(C)(C)c1cc(C(=O)NCC2CCCO2)cc(Cl)n1. The molecule has 1 fully saturated rings. The average Bonchev–Trinajstić information content (AvgIpc) is 2.87. The van der Waals surface area contributed by atoms with Gasteiger partial charge in [0.25, 0.3) is 5.91 Å². The third kappa shape index (κ3) is 3.93. The first-order valence-corrected chi connectivity index (χ1v) is 7.32. The van der Waals surface area contributed by atoms with Gasteiger partial charge in [0, 0.05) is 29.8 Å². The van der Waals surface area contributed by atoms with Crippen molar-refractivity contribution in [1.82, 2.24) is 10.3 Å². The highest BCUT2D eigenvalue weighted by atomic mass is 35.5. The average molecular weight is 297 g/mol. The van der Waals surface area contributed by atoms with Crippen LogP contribution in [0.25, 0.3) is 0 Å². The van der Waals surface area contributed by atoms with Crippen LogP contribution in [0.2, 0.25) is 5.15 Å². The number of amides is 1. The van der Waals surface area contributed by atoms with Crippen molar-refractivity contribution < 1.29 is 9.53 Å². The summed E-state index contributed by atoms with van der Waals surface area (Å²) in [7, 11) is 0. The van der Waals surface area contributed by atoms with E-state index in [1.54, 1.807) is 12.1 Å². The zero-order chi connectivity index (χ0) is 14.8. The maximum atomic E-state index is 12.2. The van der Waals surface area contributed by atoms with Crippen LogP contribution < -0.4 is 5.32 Å². The second-order valence-electron chi connectivity index (χ2n) is 6.16. The molecule has 110 valence electrons. The van der Waals surface area contributed by atoms with Gasteiger partial charge < -0.3 is 10.1 Å². The maximum Gasteiger partial charge on any atom is 0.251 e. The van der Waals surface area contributed by atoms with Crippen molar-refractivity contribution in [3.63, 3.8) is 0 Å². The molecule has 1 unspecified atom stereocenters. The van der Waals surface area contributed by atoms with Crippen LogP contribution in [0.15, 0.2) is 12.1 Å². The lowest BCUT2D eigenvalue weighted by Crippen LogP contribution is -2.32. The summed E-state index contributed by atoms with van der Waals surface area (Å²) in [6.07, 6.45) is 2.21. The van der Waals surface area contributed by atoms with Gasteiger partial charge in [0.15, 0.2) is 0 Å². The Hall–Kier alpha value is -1.13. The summed E-state index contributed by atoms with van der Waals surface area (Å²) >= 11 is 6.01. The first-order valence-electron chi connectivity index (χ1n) is 6.94. The van der Waals surface area contributed by atoms with Gasteiger partial charge in [0.1, 0.15) is 5.15 Å². The molecule has 0 aromatic carbocycles. The highest BCUT2D eigenvalue weighted by Gasteiger charge is 2.20. The van der Waals surface area contributed by atoms with Crippen LogP contribution in [0.5, 0.6) is 0 Å². The molecule has 0 bridgehead atoms. The lowest BCUT2D eigenvalue weighted by Gasteiger charge is -2.19. The molecule has 2 rings (SSSR count). The molecule has 1 aliphatic heterocycles. The van der Waals surface area contributed by atoms with Crippen LogP contribution in [0.4, 0.5) is 0 Å². The Bertz CT molecular complexity index is 491. The Morgan fingerprint density at radius 2 is 2.25 bits per heavy atom. The molecule has 1 aromatic rings. The summed E-state index contributed by atoms with van der Waals surface area (Å²) < 4.78 is 5.49. The summed E-state index contributed by atoms with van der Waals surface area (Å²) in [5.74, 6) is -0.129. The number of carbonyl (C=O) groups excluding carboxylic acids is 1. The zero-order valence-electron chi connectivity index (χ0n) is 12.2. The lowest BCUT2D eigenvalue weighted by atomic mass is 9.91. The Kier molecular flexibility index (Phi) is 4.66. The minimum Gasteiger partial charge on any atom is -0.376 e. The molecule has 1 atom stereocenters. The Morgan fingerprint density at radius 1 is 1.50 bits per heavy atom. The van der Waals surface area contributed by atoms with Crippen molar-refractivity contribution in [2.75, 3.05) is 13.2 Å². The third-order valence-corrected chi connectivity index (χ3v) is 3.53. The minimum absolute atomic E-state index is 0.129. The largest absolute Gasteiger partial charge is 0.376 e. The molecule has 1 aromatic heterocycles. The van der Waals surface area contributed by atoms with E-state index in [1.807, 2.05) is 20.8 Å². The molecular weight excluding hydrogens is 276 g/mol. The predicted molar refractivity (Wildman–Crippen MR) is 79.3 cm³/mol. The van der Waals surface area contributed by atoms with Gasteiger partial charge in [-0.2, -0.15) is 0 Å². The second-order valence-corrected chi connectivity index (χ2v) is 6.55. The molecule has 5 heteroatoms. The molecule has 2 heterocycles. The van der Waals surface area contributed by atoms with Gasteiger partial charge in [-0.25, -0.2) is 4.98 Å². The van der Waals surface area contributed by atoms with E-state index in [4.69, 9.17) is 16.3 Å². The first kappa shape index (κ1) is 15.3. The fourth-order valence-electron chi connectivity index (χ4n) is 2.13. The molecule has 20 heavy (non-hydrogen) atoms. The van der Waals surface area contributed by atoms with Crippen LogP contribution in [0, 0.1) is 0 Å². The number of nitrogens with one attached hydrogen (secondary N) is 1. The molecule has 1 aliphatic rings. The fourth-order valence-corrected chi connectivity index (χ4v) is 2.33. The van der Waals surface area contributed by atoms with Gasteiger partial charge in [0.2, 0.25) is 0 Å². The van der Waals surface area contributed by atoms with Crippen molar-refractivity contribution in [3.8, 4) is 0 Å². The van der Waals surface area contributed by atoms with E-state index in [-0.39, 0.29) is 17.4 Å². The van der Waals surface area contributed by atoms with Gasteiger partial charge in [-0.05, 0) is 25.0 Å². The summed E-state index contributed by atoms with van der Waals surface area (Å²) in [6.45, 7) is 7.46. The number of pyridine rings is 1. The highest BCUT2D eigenvalue weighted by Crippen LogP contribution is 2.23. The Balaban J connectivity index is 2.07. The number of halogens is 1. The number of carbonyl (C=O) groups is 1. The fraction of sp³-hybridized carbons (Fsp3) is 0.600. The van der Waals surface area contributed by atoms with Crippen molar-refractivity contribution >= 4 is 17.5 Å². The molecule has 1 amide bonds. The number of ether oxygens (including phenoxy) is 1. The summed E-state index contributed by atoms with van der Waals surface area (Å²) in [6, 6.07) is 3.40. The minimum atomic E-state index is -0.144. The number of hydrogen-bond acceptors (Lipinski definition) is 3. The molecule has 0 spiro atoms. The van der Waals surface area contributed by atoms with Crippen molar-refractivity contribution in [3.05, 3.63) is 28.5 Å². The quantitative estimate of drug-likeness (QED) is 0.873. The van der Waals surface area contributed by atoms with E-state index in [1.165, 1.54) is 0 Å². The van der Waals surface area contributed by atoms with E-state index in [9.17, 15) is 4.79 Å². The van der Waals surface area contributed by atoms with Crippen LogP contribution >= 0.6 is 11.6 Å². The van der Waals surface area contributed by atoms with Crippen molar-refractivity contribution in [2.45, 2.75) is 45.1 Å². The molecule has 4 nitrogen and oxygen atoms in total. The summed E-state index contributed by atoms with van der Waals surface area (Å²) in [4.78, 5) is 16.5. The molecule has 1 saturated heterocycles. The number of nitrogens with zero attached hydrogens (tertiary/aromatic N) is 1. The van der Waals surface area contributed by atoms with E-state index >= 15 is 0 Å². The zero-order valence-corrected chi connectivity index (χ0v) is 13.0. The molecule has 0 aliphatic carbocycles. The molecule has 0 radical (unpaired) electrons. The number of hydrogen-bond donors (Lipinski definition) is 1. The number of rotatable bonds is 3. The van der Waals surface area contributed by atoms with Gasteiger partial charge in [-0.15, -0.1) is 0 Å². The summed E-state index contributed by atoms with van der Waals surface area (Å²) in [5, 5.41) is 3.24. The summed E-state index contributed by atoms with van der Waals surface area (Å²) in [5.41, 5.74) is 1.22. The molecular formula is C15H21ClN2O2. The van der Waals surface area contributed by atoms with Crippen LogP contribution in [-0.4, -0.2) is 30.1 Å². The van der Waals surface area contributed by atoms with Crippen LogP contribution in [0.1, 0.15) is 49.7 Å². The smallest absolute Gasteiger partial charge is 0.251 e. The molecule has 0 saturated carbocycles. The third-order valence-electron chi connectivity index (χ3n) is 3.34. The topological polar surface area (TPSA) is 51.2 Å². The first-order chi connectivity index (χ1) is 9.36. The van der Waals surface area contributed by atoms with E-state index < -0.39 is 0 Å². The molecule has 1 N–H and O–H groups in total. The monoisotopic (exact) mass is 296 g/mol. The normalized spacial score (nSPS) is 19.1. The van der Waals surface area contributed by atoms with Gasteiger partial charge in [0.05, 0.1) is 6.10 Å². The Labute approximate surface area is 124 Å². The van der Waals surface area contributed by atoms with E-state index in [0.29, 0.717) is 17.3 Å². The van der Waals surface area contributed by atoms with Gasteiger partial charge in [-0.3, -0.25) is 4.79 Å². The van der Waals surface area contributed by atoms with Crippen molar-refractivity contribution in [1.29, 1.82) is 0 Å². The van der Waals surface area contributed by atoms with Gasteiger partial charge in [-0.1, -0.05) is 32.4 Å². The van der Waals surface area contributed by atoms with E-state index in [0.717, 1.165) is 25.1 Å². The lowest BCUT2D eigenvalue weighted by molar-refractivity contribution is 0.0857. The maximum absolute atomic E-state index is 12.2. The van der Waals surface area contributed by atoms with Gasteiger partial charge >= 0.3 is 0 Å². The number of aromatic nitrogens is 1. The van der Waals surface area contributed by atoms with E-state index in [2.05, 4.69) is 10.3 Å². The standard InChI is InChI=1S/C15H21ClN2O2/c1-15(2,3)12-7-10(8-13(16)18-12)14(19)17-9-11-5-4-6-20-11/h7-8,11H,4-6,9H2,1-3H3,(H,17,19). The second kappa shape index (κ2) is 6.10. The Morgan fingerprint density at radius 3 is 2.85 bits per heavy atom. The predicted octanol–water partition coefficient (Wildman–Crippen LogP) is 2.94. The van der Waals surface area contributed by atoms with Crippen LogP contribution in [-0.2, 0) is 10.2 Å². The highest BCUT2D eigenvalue weighted by molar-refractivity contribution is 6.29. The van der Waals surface area contributed by atoms with Crippen LogP contribution in [0.3, 0.4) is 0 Å².